The van der Waals surface area contributed by atoms with E-state index in [1.807, 2.05) is 0 Å². The minimum atomic E-state index is -3.95. The molecule has 0 fully saturated rings. The average molecular weight is 515 g/mol. The van der Waals surface area contributed by atoms with E-state index in [0.29, 0.717) is 35.6 Å². The smallest absolute Gasteiger partial charge is 0.410 e. The van der Waals surface area contributed by atoms with Gasteiger partial charge in [0, 0.05) is 18.0 Å². The third-order valence-electron chi connectivity index (χ3n) is 4.84. The van der Waals surface area contributed by atoms with Crippen molar-refractivity contribution in [1.82, 2.24) is 9.62 Å². The number of nitrogens with zero attached hydrogens (tertiary/aromatic N) is 2. The molecule has 1 aliphatic rings. The first kappa shape index (κ1) is 25.9. The number of sulfonamides is 1. The second-order valence-corrected chi connectivity index (χ2v) is 13.4. The molecule has 176 valence electrons. The molecule has 2 atom stereocenters. The molecule has 0 saturated carbocycles. The summed E-state index contributed by atoms with van der Waals surface area (Å²) >= 11 is 6.34. The van der Waals surface area contributed by atoms with Crippen molar-refractivity contribution in [2.75, 3.05) is 33.1 Å². The highest BCUT2D eigenvalue weighted by Gasteiger charge is 2.43. The maximum atomic E-state index is 12.9. The van der Waals surface area contributed by atoms with E-state index in [9.17, 15) is 21.6 Å². The SMILES string of the molecule is CCN(C(=O)OCCCCCl)[C@H]1CC(C)S(=O)(=O)c2sc(S(=O)(=O)NC=[N+](C)C)cc21. The van der Waals surface area contributed by atoms with Gasteiger partial charge in [-0.2, -0.15) is 13.1 Å². The molecule has 0 aliphatic carbocycles. The fraction of sp³-hybridized carbons (Fsp3) is 0.667. The number of amides is 1. The lowest BCUT2D eigenvalue weighted by Crippen LogP contribution is -2.40. The topological polar surface area (TPSA) is 113 Å². The molecule has 0 saturated heterocycles. The molecule has 2 rings (SSSR count). The number of sulfone groups is 1. The van der Waals surface area contributed by atoms with Crippen molar-refractivity contribution >= 4 is 55.2 Å². The lowest BCUT2D eigenvalue weighted by atomic mass is 10.0. The zero-order chi connectivity index (χ0) is 23.4. The Labute approximate surface area is 193 Å². The summed E-state index contributed by atoms with van der Waals surface area (Å²) < 4.78 is 60.2. The van der Waals surface area contributed by atoms with Gasteiger partial charge in [0.2, 0.25) is 6.34 Å². The van der Waals surface area contributed by atoms with Crippen molar-refractivity contribution in [3.63, 3.8) is 0 Å². The van der Waals surface area contributed by atoms with E-state index in [-0.39, 0.29) is 28.0 Å². The lowest BCUT2D eigenvalue weighted by molar-refractivity contribution is -0.460. The van der Waals surface area contributed by atoms with E-state index >= 15 is 0 Å². The van der Waals surface area contributed by atoms with Crippen molar-refractivity contribution < 1.29 is 30.9 Å². The van der Waals surface area contributed by atoms with Gasteiger partial charge in [-0.25, -0.2) is 13.2 Å². The minimum absolute atomic E-state index is 0.0186. The Hall–Kier alpha value is -1.37. The number of carbonyl (C=O) groups excluding carboxylic acids is 1. The molecule has 9 nitrogen and oxygen atoms in total. The highest BCUT2D eigenvalue weighted by molar-refractivity contribution is 7.95. The summed E-state index contributed by atoms with van der Waals surface area (Å²) in [7, 11) is -4.35. The van der Waals surface area contributed by atoms with Crippen LogP contribution in [0.1, 0.15) is 44.7 Å². The lowest BCUT2D eigenvalue weighted by Gasteiger charge is -2.35. The normalized spacial score (nSPS) is 19.9. The zero-order valence-electron chi connectivity index (χ0n) is 18.0. The summed E-state index contributed by atoms with van der Waals surface area (Å²) in [5.74, 6) is 0.474. The van der Waals surface area contributed by atoms with Crippen LogP contribution >= 0.6 is 22.9 Å². The van der Waals surface area contributed by atoms with Gasteiger partial charge in [-0.15, -0.1) is 22.9 Å². The van der Waals surface area contributed by atoms with E-state index in [1.165, 1.54) is 21.9 Å². The van der Waals surface area contributed by atoms with Gasteiger partial charge in [0.1, 0.15) is 4.21 Å². The van der Waals surface area contributed by atoms with Gasteiger partial charge in [0.15, 0.2) is 14.0 Å². The second kappa shape index (κ2) is 10.5. The summed E-state index contributed by atoms with van der Waals surface area (Å²) in [6.45, 7) is 3.83. The van der Waals surface area contributed by atoms with E-state index in [1.54, 1.807) is 27.9 Å². The molecular formula is C18H29ClN3O6S3+. The molecule has 0 spiro atoms. The number of hydrogen-bond acceptors (Lipinski definition) is 7. The van der Waals surface area contributed by atoms with Crippen molar-refractivity contribution in [2.24, 2.45) is 0 Å². The highest BCUT2D eigenvalue weighted by Crippen LogP contribution is 2.45. The molecule has 13 heteroatoms. The Kier molecular flexibility index (Phi) is 8.77. The number of alkyl halides is 1. The van der Waals surface area contributed by atoms with Gasteiger partial charge in [0.25, 0.3) is 0 Å². The van der Waals surface area contributed by atoms with E-state index in [2.05, 4.69) is 4.72 Å². The number of rotatable bonds is 9. The zero-order valence-corrected chi connectivity index (χ0v) is 21.2. The molecule has 1 aromatic heterocycles. The number of hydrogen-bond donors (Lipinski definition) is 1. The molecule has 0 radical (unpaired) electrons. The highest BCUT2D eigenvalue weighted by atomic mass is 35.5. The minimum Gasteiger partial charge on any atom is -0.449 e. The van der Waals surface area contributed by atoms with Crippen molar-refractivity contribution in [3.8, 4) is 0 Å². The Bertz CT molecular complexity index is 1030. The number of unbranched alkanes of at least 4 members (excludes halogenated alkanes) is 1. The molecule has 1 N–H and O–H groups in total. The monoisotopic (exact) mass is 514 g/mol. The molecule has 0 aromatic carbocycles. The predicted octanol–water partition coefficient (Wildman–Crippen LogP) is 2.41. The Morgan fingerprint density at radius 2 is 2.10 bits per heavy atom. The van der Waals surface area contributed by atoms with Gasteiger partial charge in [0.05, 0.1) is 32.0 Å². The van der Waals surface area contributed by atoms with Crippen LogP contribution in [-0.2, 0) is 24.6 Å². The first-order valence-electron chi connectivity index (χ1n) is 9.84. The Balaban J connectivity index is 2.43. The summed E-state index contributed by atoms with van der Waals surface area (Å²) in [6, 6.07) is 0.751. The van der Waals surface area contributed by atoms with Crippen molar-refractivity contribution in [3.05, 3.63) is 11.6 Å². The van der Waals surface area contributed by atoms with Gasteiger partial charge in [-0.1, -0.05) is 0 Å². The number of nitrogens with one attached hydrogen (secondary N) is 1. The van der Waals surface area contributed by atoms with Gasteiger partial charge in [-0.3, -0.25) is 4.58 Å². The Morgan fingerprint density at radius 3 is 2.68 bits per heavy atom. The first-order chi connectivity index (χ1) is 14.5. The Morgan fingerprint density at radius 1 is 1.42 bits per heavy atom. The van der Waals surface area contributed by atoms with Gasteiger partial charge in [-0.05, 0) is 39.2 Å². The number of ether oxygens (including phenoxy) is 1. The maximum absolute atomic E-state index is 12.9. The van der Waals surface area contributed by atoms with Crippen molar-refractivity contribution in [2.45, 2.75) is 52.8 Å². The third-order valence-corrected chi connectivity index (χ3v) is 10.8. The van der Waals surface area contributed by atoms with Gasteiger partial charge >= 0.3 is 16.1 Å². The van der Waals surface area contributed by atoms with Crippen LogP contribution in [0.2, 0.25) is 0 Å². The number of carbonyl (C=O) groups is 1. The molecule has 2 heterocycles. The van der Waals surface area contributed by atoms with E-state index in [4.69, 9.17) is 16.3 Å². The summed E-state index contributed by atoms with van der Waals surface area (Å²) in [4.78, 5) is 14.1. The number of thiophene rings is 1. The fourth-order valence-corrected chi connectivity index (χ4v) is 8.31. The second-order valence-electron chi connectivity index (χ2n) is 7.43. The van der Waals surface area contributed by atoms with Crippen LogP contribution in [0, 0.1) is 0 Å². The quantitative estimate of drug-likeness (QED) is 0.178. The van der Waals surface area contributed by atoms with Crippen LogP contribution in [0.3, 0.4) is 0 Å². The molecule has 0 bridgehead atoms. The summed E-state index contributed by atoms with van der Waals surface area (Å²) in [5.41, 5.74) is 0.313. The van der Waals surface area contributed by atoms with Crippen LogP contribution in [-0.4, -0.2) is 77.1 Å². The maximum Gasteiger partial charge on any atom is 0.410 e. The van der Waals surface area contributed by atoms with Crippen LogP contribution in [0.25, 0.3) is 0 Å². The molecule has 31 heavy (non-hydrogen) atoms. The first-order valence-corrected chi connectivity index (χ1v) is 14.2. The van der Waals surface area contributed by atoms with Crippen LogP contribution in [0.5, 0.6) is 0 Å². The van der Waals surface area contributed by atoms with Crippen LogP contribution in [0.4, 0.5) is 4.79 Å². The summed E-state index contributed by atoms with van der Waals surface area (Å²) in [5, 5.41) is -0.765. The van der Waals surface area contributed by atoms with E-state index < -0.39 is 37.2 Å². The molecule has 1 aromatic rings. The molecule has 1 unspecified atom stereocenters. The third kappa shape index (κ3) is 5.91. The van der Waals surface area contributed by atoms with Gasteiger partial charge < -0.3 is 9.64 Å². The number of halogens is 1. The molecule has 1 aliphatic heterocycles. The summed E-state index contributed by atoms with van der Waals surface area (Å²) in [6.07, 6.45) is 2.20. The standard InChI is InChI=1S/C18H28ClN3O6S3/c1-5-22(18(23)28-9-7-6-8-19)15-10-13(2)30(24,25)17-14(15)11-16(29-17)31(26,27)20-12-21(3)4/h11-13,15H,5-10H2,1-4H3/p+1/t13?,15-/m0/s1. The van der Waals surface area contributed by atoms with E-state index in [0.717, 1.165) is 0 Å². The molecular weight excluding hydrogens is 486 g/mol. The average Bonchev–Trinajstić information content (AvgIpc) is 3.16. The number of fused-ring (bicyclic) bond motifs is 1. The van der Waals surface area contributed by atoms with Crippen LogP contribution in [0.15, 0.2) is 14.5 Å². The van der Waals surface area contributed by atoms with Crippen LogP contribution < -0.4 is 4.72 Å². The predicted molar refractivity (Wildman–Crippen MR) is 121 cm³/mol. The largest absolute Gasteiger partial charge is 0.449 e. The fourth-order valence-electron chi connectivity index (χ4n) is 3.15. The molecule has 1 amide bonds. The van der Waals surface area contributed by atoms with Crippen molar-refractivity contribution in [1.29, 1.82) is 0 Å².